The molecular weight excluding hydrogens is 445 g/mol. The first kappa shape index (κ1) is 20.5. The minimum Gasteiger partial charge on any atom is -0.298 e. The highest BCUT2D eigenvalue weighted by Crippen LogP contribution is 2.57. The summed E-state index contributed by atoms with van der Waals surface area (Å²) in [5.74, 6) is 2.31. The van der Waals surface area contributed by atoms with Gasteiger partial charge in [-0.3, -0.25) is 4.79 Å². The van der Waals surface area contributed by atoms with Gasteiger partial charge < -0.3 is 0 Å². The van der Waals surface area contributed by atoms with E-state index < -0.39 is 26.3 Å². The van der Waals surface area contributed by atoms with Crippen LogP contribution < -0.4 is 4.72 Å². The maximum Gasteiger partial charge on any atom is 0.244 e. The van der Waals surface area contributed by atoms with E-state index in [0.29, 0.717) is 28.6 Å². The van der Waals surface area contributed by atoms with Crippen LogP contribution >= 0.6 is 15.9 Å². The normalized spacial score (nSPS) is 31.9. The predicted octanol–water partition coefficient (Wildman–Crippen LogP) is 4.68. The molecule has 154 valence electrons. The van der Waals surface area contributed by atoms with E-state index >= 15 is 0 Å². The monoisotopic (exact) mass is 471 g/mol. The van der Waals surface area contributed by atoms with Gasteiger partial charge in [-0.15, -0.1) is 0 Å². The molecule has 1 N–H and O–H groups in total. The molecule has 0 radical (unpaired) electrons. The van der Waals surface area contributed by atoms with Gasteiger partial charge >= 0.3 is 0 Å². The first-order chi connectivity index (χ1) is 13.0. The van der Waals surface area contributed by atoms with E-state index in [-0.39, 0.29) is 5.78 Å². The summed E-state index contributed by atoms with van der Waals surface area (Å²) < 4.78 is 42.5. The van der Waals surface area contributed by atoms with Gasteiger partial charge in [0.1, 0.15) is 10.7 Å². The highest BCUT2D eigenvalue weighted by Gasteiger charge is 2.49. The zero-order valence-electron chi connectivity index (χ0n) is 16.3. The second-order valence-corrected chi connectivity index (χ2v) is 12.1. The molecule has 0 aromatic heterocycles. The Morgan fingerprint density at radius 1 is 1.14 bits per heavy atom. The van der Waals surface area contributed by atoms with Gasteiger partial charge in [-0.25, -0.2) is 12.8 Å². The van der Waals surface area contributed by atoms with Crippen LogP contribution in [0.2, 0.25) is 0 Å². The summed E-state index contributed by atoms with van der Waals surface area (Å²) in [7, 11) is -4.14. The summed E-state index contributed by atoms with van der Waals surface area (Å²) in [6.45, 7) is 3.17. The molecule has 4 saturated carbocycles. The van der Waals surface area contributed by atoms with Crippen LogP contribution in [0.15, 0.2) is 27.6 Å². The summed E-state index contributed by atoms with van der Waals surface area (Å²) in [6.07, 6.45) is 6.66. The van der Waals surface area contributed by atoms with Crippen molar-refractivity contribution < 1.29 is 17.6 Å². The van der Waals surface area contributed by atoms with Crippen LogP contribution in [0, 0.1) is 35.4 Å². The van der Waals surface area contributed by atoms with E-state index in [0.717, 1.165) is 17.9 Å². The van der Waals surface area contributed by atoms with Crippen molar-refractivity contribution in [3.63, 3.8) is 0 Å². The molecule has 7 heteroatoms. The number of rotatable bonds is 6. The number of hydrogen-bond donors (Lipinski definition) is 1. The summed E-state index contributed by atoms with van der Waals surface area (Å²) in [5, 5.41) is 0. The lowest BCUT2D eigenvalue weighted by atomic mass is 9.51. The Labute approximate surface area is 174 Å². The lowest BCUT2D eigenvalue weighted by molar-refractivity contribution is -0.128. The van der Waals surface area contributed by atoms with E-state index in [1.165, 1.54) is 44.2 Å². The number of sulfonamides is 1. The Balaban J connectivity index is 1.48. The molecule has 28 heavy (non-hydrogen) atoms. The van der Waals surface area contributed by atoms with Crippen LogP contribution in [0.1, 0.15) is 52.4 Å². The van der Waals surface area contributed by atoms with E-state index in [4.69, 9.17) is 0 Å². The van der Waals surface area contributed by atoms with E-state index in [2.05, 4.69) is 20.7 Å². The van der Waals surface area contributed by atoms with Crippen molar-refractivity contribution in [3.8, 4) is 0 Å². The van der Waals surface area contributed by atoms with Crippen LogP contribution in [0.25, 0.3) is 0 Å². The number of Topliss-reactive ketones (excluding diaryl/α,β-unsaturated/α-hetero) is 1. The molecule has 4 fully saturated rings. The summed E-state index contributed by atoms with van der Waals surface area (Å²) >= 11 is 3.12. The molecule has 0 atom stereocenters. The second kappa shape index (κ2) is 7.17. The number of ketones is 1. The Bertz CT molecular complexity index is 871. The Hall–Kier alpha value is -0.790. The van der Waals surface area contributed by atoms with Gasteiger partial charge in [0.15, 0.2) is 5.78 Å². The lowest BCUT2D eigenvalue weighted by Gasteiger charge is -2.54. The third-order valence-electron chi connectivity index (χ3n) is 7.11. The molecular formula is C21H27BrFNO3S. The van der Waals surface area contributed by atoms with Crippen molar-refractivity contribution in [2.24, 2.45) is 29.6 Å². The fourth-order valence-electron chi connectivity index (χ4n) is 5.98. The zero-order chi connectivity index (χ0) is 20.3. The lowest BCUT2D eigenvalue weighted by Crippen LogP contribution is -2.52. The standard InChI is InChI=1S/C21H27BrFNO3S/c1-21(2,24-28(26,27)19-4-3-16(22)10-18(19)23)20(25)11-17-14-6-12-5-13(8-14)9-15(17)7-12/h3-4,10,12-15,17,24H,5-9,11H2,1-2H3. The van der Waals surface area contributed by atoms with Crippen LogP contribution in [-0.2, 0) is 14.8 Å². The number of benzene rings is 1. The van der Waals surface area contributed by atoms with Crippen molar-refractivity contribution in [1.29, 1.82) is 0 Å². The minimum absolute atomic E-state index is 0.105. The minimum atomic E-state index is -4.14. The van der Waals surface area contributed by atoms with Gasteiger partial charge in [0.05, 0.1) is 5.54 Å². The van der Waals surface area contributed by atoms with Crippen LogP contribution in [0.3, 0.4) is 0 Å². The molecule has 0 aliphatic heterocycles. The highest BCUT2D eigenvalue weighted by atomic mass is 79.9. The van der Waals surface area contributed by atoms with E-state index in [9.17, 15) is 17.6 Å². The molecule has 1 aromatic rings. The molecule has 4 bridgehead atoms. The van der Waals surface area contributed by atoms with Crippen molar-refractivity contribution in [3.05, 3.63) is 28.5 Å². The van der Waals surface area contributed by atoms with Crippen LogP contribution in [0.4, 0.5) is 4.39 Å². The van der Waals surface area contributed by atoms with Gasteiger partial charge in [0, 0.05) is 10.9 Å². The molecule has 0 spiro atoms. The van der Waals surface area contributed by atoms with E-state index in [1.54, 1.807) is 13.8 Å². The summed E-state index contributed by atoms with van der Waals surface area (Å²) in [5.41, 5.74) is -1.27. The SMILES string of the molecule is CC(C)(NS(=O)(=O)c1ccc(Br)cc1F)C(=O)CC1C2CC3CC(C2)CC1C3. The predicted molar refractivity (Wildman–Crippen MR) is 109 cm³/mol. The molecule has 0 heterocycles. The molecule has 4 nitrogen and oxygen atoms in total. The maximum atomic E-state index is 14.2. The molecule has 1 aromatic carbocycles. The van der Waals surface area contributed by atoms with Crippen molar-refractivity contribution in [2.75, 3.05) is 0 Å². The number of hydrogen-bond acceptors (Lipinski definition) is 3. The molecule has 5 rings (SSSR count). The largest absolute Gasteiger partial charge is 0.298 e. The highest BCUT2D eigenvalue weighted by molar-refractivity contribution is 9.10. The topological polar surface area (TPSA) is 63.2 Å². The Morgan fingerprint density at radius 3 is 2.25 bits per heavy atom. The first-order valence-corrected chi connectivity index (χ1v) is 12.3. The van der Waals surface area contributed by atoms with Crippen LogP contribution in [0.5, 0.6) is 0 Å². The summed E-state index contributed by atoms with van der Waals surface area (Å²) in [4.78, 5) is 12.6. The van der Waals surface area contributed by atoms with Gasteiger partial charge in [-0.05, 0) is 93.7 Å². The first-order valence-electron chi connectivity index (χ1n) is 10.1. The number of carbonyl (C=O) groups is 1. The number of halogens is 2. The number of nitrogens with one attached hydrogen (secondary N) is 1. The van der Waals surface area contributed by atoms with Gasteiger partial charge in [0.2, 0.25) is 10.0 Å². The zero-order valence-corrected chi connectivity index (χ0v) is 18.7. The molecule has 4 aliphatic rings. The average Bonchev–Trinajstić information content (AvgIpc) is 2.55. The van der Waals surface area contributed by atoms with Gasteiger partial charge in [-0.2, -0.15) is 4.72 Å². The quantitative estimate of drug-likeness (QED) is 0.654. The molecule has 0 unspecified atom stereocenters. The average molecular weight is 472 g/mol. The van der Waals surface area contributed by atoms with Crippen molar-refractivity contribution in [2.45, 2.75) is 62.8 Å². The Kier molecular flexibility index (Phi) is 5.24. The number of carbonyl (C=O) groups excluding carboxylic acids is 1. The maximum absolute atomic E-state index is 14.2. The van der Waals surface area contributed by atoms with Gasteiger partial charge in [0.25, 0.3) is 0 Å². The molecule has 4 aliphatic carbocycles. The molecule has 0 saturated heterocycles. The van der Waals surface area contributed by atoms with E-state index in [1.807, 2.05) is 0 Å². The van der Waals surface area contributed by atoms with Crippen molar-refractivity contribution in [1.82, 2.24) is 4.72 Å². The fourth-order valence-corrected chi connectivity index (χ4v) is 7.77. The Morgan fingerprint density at radius 2 is 1.71 bits per heavy atom. The molecule has 0 amide bonds. The second-order valence-electron chi connectivity index (χ2n) is 9.53. The summed E-state index contributed by atoms with van der Waals surface area (Å²) in [6, 6.07) is 3.79. The third-order valence-corrected chi connectivity index (χ3v) is 9.30. The smallest absolute Gasteiger partial charge is 0.244 e. The van der Waals surface area contributed by atoms with Gasteiger partial charge in [-0.1, -0.05) is 15.9 Å². The van der Waals surface area contributed by atoms with Crippen LogP contribution in [-0.4, -0.2) is 19.7 Å². The third kappa shape index (κ3) is 3.82. The fraction of sp³-hybridized carbons (Fsp3) is 0.667. The van der Waals surface area contributed by atoms with Crippen molar-refractivity contribution >= 4 is 31.7 Å².